The van der Waals surface area contributed by atoms with Gasteiger partial charge in [0.2, 0.25) is 0 Å². The molecule has 2 aliphatic heterocycles. The highest BCUT2D eigenvalue weighted by Gasteiger charge is 2.54. The molecule has 0 radical (unpaired) electrons. The summed E-state index contributed by atoms with van der Waals surface area (Å²) in [6.07, 6.45) is 7.28. The number of ether oxygens (including phenoxy) is 5. The molecule has 2 fully saturated rings. The molecule has 2 aliphatic rings. The SMILES string of the molecule is CCC/C=C\C=C\[C@@H](O)C/C=C/C=C\C(=O)O[C@H]1[C@H](O)[C@@H](c2c(O)cc(O)cc2CO)O[C@@H](CO)[C@@H]1O[C@@H]1O[C@H]([C@H](O)COC(=O)/C=C\C=C/CCCCC)[C@H](O)[C@@H]1O. The van der Waals surface area contributed by atoms with E-state index >= 15 is 0 Å². The molecule has 0 spiro atoms. The van der Waals surface area contributed by atoms with Crippen LogP contribution in [0.15, 0.2) is 85.0 Å². The van der Waals surface area contributed by atoms with Gasteiger partial charge in [0.1, 0.15) is 66.9 Å². The number of carbonyl (C=O) groups is 2. The van der Waals surface area contributed by atoms with Crippen LogP contribution in [0.4, 0.5) is 0 Å². The fourth-order valence-electron chi connectivity index (χ4n) is 6.36. The molecule has 2 heterocycles. The van der Waals surface area contributed by atoms with Gasteiger partial charge in [0.05, 0.1) is 19.3 Å². The summed E-state index contributed by atoms with van der Waals surface area (Å²) in [4.78, 5) is 25.3. The summed E-state index contributed by atoms with van der Waals surface area (Å²) in [5, 5.41) is 95.4. The third kappa shape index (κ3) is 15.4. The second-order valence-electron chi connectivity index (χ2n) is 14.1. The Bertz CT molecular complexity index is 1620. The van der Waals surface area contributed by atoms with Gasteiger partial charge < -0.3 is 69.6 Å². The molecule has 0 unspecified atom stereocenters. The molecule has 0 amide bonds. The highest BCUT2D eigenvalue weighted by Crippen LogP contribution is 2.42. The number of aliphatic hydroxyl groups is 7. The van der Waals surface area contributed by atoms with E-state index in [2.05, 4.69) is 13.8 Å². The van der Waals surface area contributed by atoms with E-state index < -0.39 is 111 Å². The smallest absolute Gasteiger partial charge is 0.331 e. The van der Waals surface area contributed by atoms with Crippen molar-refractivity contribution < 1.29 is 79.2 Å². The molecule has 328 valence electrons. The van der Waals surface area contributed by atoms with Crippen LogP contribution in [-0.2, 0) is 39.9 Å². The number of aromatic hydroxyl groups is 2. The summed E-state index contributed by atoms with van der Waals surface area (Å²) in [7, 11) is 0. The van der Waals surface area contributed by atoms with Crippen LogP contribution in [0.5, 0.6) is 11.5 Å². The van der Waals surface area contributed by atoms with Crippen molar-refractivity contribution in [2.45, 2.75) is 133 Å². The van der Waals surface area contributed by atoms with Crippen LogP contribution < -0.4 is 0 Å². The summed E-state index contributed by atoms with van der Waals surface area (Å²) in [6, 6.07) is 2.05. The van der Waals surface area contributed by atoms with Crippen LogP contribution >= 0.6 is 0 Å². The number of unbranched alkanes of at least 4 members (excludes halogenated alkanes) is 4. The largest absolute Gasteiger partial charge is 0.508 e. The minimum Gasteiger partial charge on any atom is -0.508 e. The van der Waals surface area contributed by atoms with Gasteiger partial charge in [-0.15, -0.1) is 0 Å². The predicted molar refractivity (Wildman–Crippen MR) is 213 cm³/mol. The number of hydrogen-bond donors (Lipinski definition) is 9. The standard InChI is InChI=1S/C43H60O16/c1-3-5-7-9-10-12-16-20-33(50)55-26-31(49)39-36(52)37(53)43(58-39)59-40-32(25-45)56-41(35-27(24-44)22-29(47)23-30(35)48)38(54)42(40)57-34(51)21-17-13-15-19-28(46)18-14-11-8-6-4-2/h8,10-18,20-23,28,31-32,36-49,52-54H,3-7,9,19,24-26H2,1-2H3/b11-8-,12-10-,15-13+,18-14+,20-16-,21-17-/t28-,31-,32+,36-,37+,38-,39-,40+,41-,42+,43+/m1/s1. The summed E-state index contributed by atoms with van der Waals surface area (Å²) in [5.74, 6) is -2.81. The quantitative estimate of drug-likeness (QED) is 0.0332. The van der Waals surface area contributed by atoms with E-state index in [1.807, 2.05) is 18.2 Å². The maximum Gasteiger partial charge on any atom is 0.331 e. The Morgan fingerprint density at radius 2 is 1.49 bits per heavy atom. The Labute approximate surface area is 344 Å². The second kappa shape index (κ2) is 26.1. The molecule has 0 bridgehead atoms. The van der Waals surface area contributed by atoms with E-state index in [9.17, 15) is 55.5 Å². The summed E-state index contributed by atoms with van der Waals surface area (Å²) >= 11 is 0. The third-order valence-electron chi connectivity index (χ3n) is 9.44. The van der Waals surface area contributed by atoms with Crippen molar-refractivity contribution in [3.8, 4) is 11.5 Å². The van der Waals surface area contributed by atoms with E-state index in [0.29, 0.717) is 0 Å². The molecule has 0 saturated carbocycles. The van der Waals surface area contributed by atoms with Crippen LogP contribution in [0, 0.1) is 0 Å². The number of rotatable bonds is 23. The lowest BCUT2D eigenvalue weighted by Crippen LogP contribution is -2.59. The number of benzene rings is 1. The number of phenols is 2. The van der Waals surface area contributed by atoms with Crippen molar-refractivity contribution in [2.24, 2.45) is 0 Å². The highest BCUT2D eigenvalue weighted by atomic mass is 16.7. The average Bonchev–Trinajstić information content (AvgIpc) is 3.49. The molecule has 0 aromatic heterocycles. The van der Waals surface area contributed by atoms with Gasteiger partial charge in [-0.05, 0) is 37.3 Å². The molecular weight excluding hydrogens is 772 g/mol. The Kier molecular flexibility index (Phi) is 21.8. The van der Waals surface area contributed by atoms with Gasteiger partial charge in [0.15, 0.2) is 12.4 Å². The lowest BCUT2D eigenvalue weighted by Gasteiger charge is -2.44. The lowest BCUT2D eigenvalue weighted by atomic mass is 9.88. The Morgan fingerprint density at radius 3 is 2.19 bits per heavy atom. The van der Waals surface area contributed by atoms with Gasteiger partial charge in [-0.25, -0.2) is 9.59 Å². The second-order valence-corrected chi connectivity index (χ2v) is 14.1. The van der Waals surface area contributed by atoms with Crippen molar-refractivity contribution in [3.05, 3.63) is 96.2 Å². The molecule has 0 aliphatic carbocycles. The summed E-state index contributed by atoms with van der Waals surface area (Å²) < 4.78 is 28.2. The highest BCUT2D eigenvalue weighted by molar-refractivity contribution is 5.82. The summed E-state index contributed by atoms with van der Waals surface area (Å²) in [6.45, 7) is 1.94. The zero-order valence-corrected chi connectivity index (χ0v) is 33.4. The zero-order valence-electron chi connectivity index (χ0n) is 33.4. The average molecular weight is 833 g/mol. The van der Waals surface area contributed by atoms with E-state index in [1.165, 1.54) is 18.2 Å². The Morgan fingerprint density at radius 1 is 0.797 bits per heavy atom. The van der Waals surface area contributed by atoms with Gasteiger partial charge in [-0.2, -0.15) is 0 Å². The number of esters is 2. The molecule has 1 aromatic carbocycles. The van der Waals surface area contributed by atoms with Gasteiger partial charge in [-0.1, -0.05) is 93.9 Å². The molecule has 16 heteroatoms. The lowest BCUT2D eigenvalue weighted by molar-refractivity contribution is -0.294. The van der Waals surface area contributed by atoms with Gasteiger partial charge in [0.25, 0.3) is 0 Å². The van der Waals surface area contributed by atoms with Crippen molar-refractivity contribution in [2.75, 3.05) is 13.2 Å². The first-order valence-electron chi connectivity index (χ1n) is 19.9. The summed E-state index contributed by atoms with van der Waals surface area (Å²) in [5.41, 5.74) is -0.248. The van der Waals surface area contributed by atoms with Gasteiger partial charge >= 0.3 is 11.9 Å². The van der Waals surface area contributed by atoms with E-state index in [0.717, 1.165) is 62.8 Å². The third-order valence-corrected chi connectivity index (χ3v) is 9.44. The molecule has 9 N–H and O–H groups in total. The maximum absolute atomic E-state index is 13.2. The molecule has 11 atom stereocenters. The molecule has 16 nitrogen and oxygen atoms in total. The minimum absolute atomic E-state index is 0.0590. The normalized spacial score (nSPS) is 27.6. The first-order chi connectivity index (χ1) is 28.4. The minimum atomic E-state index is -1.90. The fourth-order valence-corrected chi connectivity index (χ4v) is 6.36. The van der Waals surface area contributed by atoms with Crippen molar-refractivity contribution >= 4 is 11.9 Å². The van der Waals surface area contributed by atoms with Gasteiger partial charge in [-0.3, -0.25) is 0 Å². The fraction of sp³-hybridized carbons (Fsp3) is 0.535. The van der Waals surface area contributed by atoms with Crippen LogP contribution in [0.3, 0.4) is 0 Å². The van der Waals surface area contributed by atoms with E-state index in [4.69, 9.17) is 23.7 Å². The number of phenolic OH excluding ortho intramolecular Hbond substituents is 2. The number of aliphatic hydroxyl groups excluding tert-OH is 7. The zero-order chi connectivity index (χ0) is 43.3. The van der Waals surface area contributed by atoms with Crippen LogP contribution in [-0.4, -0.2) is 132 Å². The first-order valence-corrected chi connectivity index (χ1v) is 19.9. The molecule has 59 heavy (non-hydrogen) atoms. The van der Waals surface area contributed by atoms with Crippen LogP contribution in [0.1, 0.15) is 76.0 Å². The van der Waals surface area contributed by atoms with Crippen LogP contribution in [0.2, 0.25) is 0 Å². The maximum atomic E-state index is 13.2. The Balaban J connectivity index is 1.77. The van der Waals surface area contributed by atoms with Crippen LogP contribution in [0.25, 0.3) is 0 Å². The number of hydrogen-bond acceptors (Lipinski definition) is 16. The molecule has 1 aromatic rings. The first kappa shape index (κ1) is 49.2. The number of allylic oxidation sites excluding steroid dienone is 8. The monoisotopic (exact) mass is 832 g/mol. The molecule has 3 rings (SSSR count). The Hall–Kier alpha value is -4.20. The number of carbonyl (C=O) groups excluding carboxylic acids is 2. The topological polar surface area (TPSA) is 262 Å². The molecule has 2 saturated heterocycles. The van der Waals surface area contributed by atoms with E-state index in [-0.39, 0.29) is 17.5 Å². The van der Waals surface area contributed by atoms with Crippen molar-refractivity contribution in [3.63, 3.8) is 0 Å². The molecular formula is C43H60O16. The van der Waals surface area contributed by atoms with E-state index in [1.54, 1.807) is 24.3 Å². The van der Waals surface area contributed by atoms with Gasteiger partial charge in [0, 0.05) is 23.8 Å². The predicted octanol–water partition coefficient (Wildman–Crippen LogP) is 2.50. The van der Waals surface area contributed by atoms with Crippen molar-refractivity contribution in [1.29, 1.82) is 0 Å². The van der Waals surface area contributed by atoms with Crippen molar-refractivity contribution in [1.82, 2.24) is 0 Å².